The van der Waals surface area contributed by atoms with Gasteiger partial charge in [-0.2, -0.15) is 0 Å². The highest BCUT2D eigenvalue weighted by atomic mass is 35.5. The number of hydrogen-bond donors (Lipinski definition) is 1. The molecule has 0 spiro atoms. The third-order valence-corrected chi connectivity index (χ3v) is 3.64. The third-order valence-electron chi connectivity index (χ3n) is 3.34. The Morgan fingerprint density at radius 1 is 1.47 bits per heavy atom. The summed E-state index contributed by atoms with van der Waals surface area (Å²) in [5.41, 5.74) is 1.51. The number of fused-ring (bicyclic) bond motifs is 1. The molecular formula is C14H12ClNO3. The van der Waals surface area contributed by atoms with Gasteiger partial charge in [0.1, 0.15) is 5.75 Å². The van der Waals surface area contributed by atoms with Gasteiger partial charge in [-0.1, -0.05) is 11.6 Å². The van der Waals surface area contributed by atoms with Crippen LogP contribution in [0.3, 0.4) is 0 Å². The van der Waals surface area contributed by atoms with Gasteiger partial charge in [-0.05, 0) is 31.0 Å². The molecule has 0 saturated heterocycles. The lowest BCUT2D eigenvalue weighted by atomic mass is 10.1. The van der Waals surface area contributed by atoms with E-state index >= 15 is 0 Å². The first-order valence-electron chi connectivity index (χ1n) is 6.02. The fourth-order valence-corrected chi connectivity index (χ4v) is 2.43. The predicted octanol–water partition coefficient (Wildman–Crippen LogP) is 3.47. The van der Waals surface area contributed by atoms with Crippen molar-refractivity contribution >= 4 is 28.5 Å². The number of hydrogen-bond acceptors (Lipinski definition) is 3. The molecule has 1 heterocycles. The lowest BCUT2D eigenvalue weighted by Crippen LogP contribution is -2.03. The van der Waals surface area contributed by atoms with Gasteiger partial charge >= 0.3 is 5.97 Å². The van der Waals surface area contributed by atoms with Gasteiger partial charge in [-0.3, -0.25) is 4.98 Å². The Balaban J connectivity index is 2.39. The third kappa shape index (κ3) is 2.02. The Kier molecular flexibility index (Phi) is 2.82. The van der Waals surface area contributed by atoms with Gasteiger partial charge in [0, 0.05) is 11.6 Å². The monoisotopic (exact) mass is 277 g/mol. The van der Waals surface area contributed by atoms with Crippen LogP contribution in [0.4, 0.5) is 0 Å². The average Bonchev–Trinajstić information content (AvgIpc) is 3.22. The van der Waals surface area contributed by atoms with Gasteiger partial charge in [0.2, 0.25) is 0 Å². The quantitative estimate of drug-likeness (QED) is 0.933. The van der Waals surface area contributed by atoms with Crippen LogP contribution in [0.1, 0.15) is 34.8 Å². The Bertz CT molecular complexity index is 680. The number of aromatic carboxylic acids is 1. The maximum atomic E-state index is 11.5. The SMILES string of the molecule is COc1ccc(Cl)c2nc(C3CC3)cc(C(=O)O)c12. The van der Waals surface area contributed by atoms with E-state index in [0.717, 1.165) is 18.5 Å². The van der Waals surface area contributed by atoms with Crippen LogP contribution in [-0.4, -0.2) is 23.2 Å². The van der Waals surface area contributed by atoms with E-state index in [1.54, 1.807) is 18.2 Å². The summed E-state index contributed by atoms with van der Waals surface area (Å²) in [5.74, 6) is -0.147. The molecule has 1 aliphatic carbocycles. The molecule has 1 aliphatic rings. The summed E-state index contributed by atoms with van der Waals surface area (Å²) in [6.07, 6.45) is 2.11. The molecule has 98 valence electrons. The van der Waals surface area contributed by atoms with Crippen LogP contribution in [-0.2, 0) is 0 Å². The van der Waals surface area contributed by atoms with Crippen molar-refractivity contribution in [3.8, 4) is 5.75 Å². The van der Waals surface area contributed by atoms with Crippen molar-refractivity contribution in [2.75, 3.05) is 7.11 Å². The zero-order chi connectivity index (χ0) is 13.6. The Morgan fingerprint density at radius 2 is 2.21 bits per heavy atom. The lowest BCUT2D eigenvalue weighted by Gasteiger charge is -2.11. The van der Waals surface area contributed by atoms with Crippen molar-refractivity contribution in [1.82, 2.24) is 4.98 Å². The van der Waals surface area contributed by atoms with E-state index in [-0.39, 0.29) is 5.56 Å². The van der Waals surface area contributed by atoms with Crippen LogP contribution in [0.15, 0.2) is 18.2 Å². The topological polar surface area (TPSA) is 59.4 Å². The molecule has 0 unspecified atom stereocenters. The lowest BCUT2D eigenvalue weighted by molar-refractivity contribution is 0.0698. The van der Waals surface area contributed by atoms with E-state index in [1.807, 2.05) is 0 Å². The summed E-state index contributed by atoms with van der Waals surface area (Å²) in [6, 6.07) is 4.98. The summed E-state index contributed by atoms with van der Waals surface area (Å²) in [5, 5.41) is 10.3. The highest BCUT2D eigenvalue weighted by molar-refractivity contribution is 6.35. The van der Waals surface area contributed by atoms with Gasteiger partial charge < -0.3 is 9.84 Å². The minimum absolute atomic E-state index is 0.200. The van der Waals surface area contributed by atoms with Crippen LogP contribution < -0.4 is 4.74 Å². The number of aromatic nitrogens is 1. The first kappa shape index (κ1) is 12.2. The van der Waals surface area contributed by atoms with E-state index in [4.69, 9.17) is 16.3 Å². The summed E-state index contributed by atoms with van der Waals surface area (Å²) in [6.45, 7) is 0. The van der Waals surface area contributed by atoms with Gasteiger partial charge in [-0.15, -0.1) is 0 Å². The van der Waals surface area contributed by atoms with Crippen molar-refractivity contribution in [2.45, 2.75) is 18.8 Å². The minimum Gasteiger partial charge on any atom is -0.496 e. The number of methoxy groups -OCH3 is 1. The van der Waals surface area contributed by atoms with E-state index in [2.05, 4.69) is 4.98 Å². The number of carbonyl (C=O) groups is 1. The van der Waals surface area contributed by atoms with Crippen molar-refractivity contribution in [3.63, 3.8) is 0 Å². The van der Waals surface area contributed by atoms with Crippen molar-refractivity contribution in [2.24, 2.45) is 0 Å². The van der Waals surface area contributed by atoms with Crippen LogP contribution in [0.25, 0.3) is 10.9 Å². The smallest absolute Gasteiger partial charge is 0.336 e. The fourth-order valence-electron chi connectivity index (χ4n) is 2.23. The van der Waals surface area contributed by atoms with E-state index < -0.39 is 5.97 Å². The summed E-state index contributed by atoms with van der Waals surface area (Å²) >= 11 is 6.15. The fraction of sp³-hybridized carbons (Fsp3) is 0.286. The molecule has 3 rings (SSSR count). The molecule has 0 bridgehead atoms. The minimum atomic E-state index is -0.991. The van der Waals surface area contributed by atoms with E-state index in [1.165, 1.54) is 7.11 Å². The first-order chi connectivity index (χ1) is 9.11. The average molecular weight is 278 g/mol. The normalized spacial score (nSPS) is 14.6. The Labute approximate surface area is 115 Å². The molecule has 4 nitrogen and oxygen atoms in total. The van der Waals surface area contributed by atoms with Gasteiger partial charge in [0.15, 0.2) is 0 Å². The Morgan fingerprint density at radius 3 is 2.79 bits per heavy atom. The number of carboxylic acids is 1. The second kappa shape index (κ2) is 4.38. The molecule has 0 radical (unpaired) electrons. The largest absolute Gasteiger partial charge is 0.496 e. The molecule has 1 aromatic carbocycles. The molecule has 1 N–H and O–H groups in total. The highest BCUT2D eigenvalue weighted by Gasteiger charge is 2.28. The summed E-state index contributed by atoms with van der Waals surface area (Å²) in [4.78, 5) is 16.0. The Hall–Kier alpha value is -1.81. The van der Waals surface area contributed by atoms with Crippen molar-refractivity contribution in [3.05, 3.63) is 34.5 Å². The number of halogens is 1. The van der Waals surface area contributed by atoms with Gasteiger partial charge in [-0.25, -0.2) is 4.79 Å². The zero-order valence-electron chi connectivity index (χ0n) is 10.3. The summed E-state index contributed by atoms with van der Waals surface area (Å²) < 4.78 is 5.23. The van der Waals surface area contributed by atoms with Crippen LogP contribution in [0, 0.1) is 0 Å². The number of nitrogens with zero attached hydrogens (tertiary/aromatic N) is 1. The highest BCUT2D eigenvalue weighted by Crippen LogP contribution is 2.42. The van der Waals surface area contributed by atoms with Crippen LogP contribution >= 0.6 is 11.6 Å². The number of pyridine rings is 1. The first-order valence-corrected chi connectivity index (χ1v) is 6.40. The molecular weight excluding hydrogens is 266 g/mol. The predicted molar refractivity (Wildman–Crippen MR) is 72.2 cm³/mol. The second-order valence-corrected chi connectivity index (χ2v) is 5.05. The molecule has 0 amide bonds. The maximum absolute atomic E-state index is 11.5. The molecule has 5 heteroatoms. The van der Waals surface area contributed by atoms with Crippen molar-refractivity contribution < 1.29 is 14.6 Å². The molecule has 0 atom stereocenters. The van der Waals surface area contributed by atoms with Gasteiger partial charge in [0.25, 0.3) is 0 Å². The molecule has 1 aromatic heterocycles. The van der Waals surface area contributed by atoms with E-state index in [9.17, 15) is 9.90 Å². The standard InChI is InChI=1S/C14H12ClNO3/c1-19-11-5-4-9(15)13-12(11)8(14(17)18)6-10(16-13)7-2-3-7/h4-7H,2-3H2,1H3,(H,17,18). The molecule has 2 aromatic rings. The number of ether oxygens (including phenoxy) is 1. The molecule has 0 aliphatic heterocycles. The van der Waals surface area contributed by atoms with Crippen molar-refractivity contribution in [1.29, 1.82) is 0 Å². The van der Waals surface area contributed by atoms with Crippen LogP contribution in [0.2, 0.25) is 5.02 Å². The number of rotatable bonds is 3. The number of benzene rings is 1. The van der Waals surface area contributed by atoms with Crippen LogP contribution in [0.5, 0.6) is 5.75 Å². The van der Waals surface area contributed by atoms with Gasteiger partial charge in [0.05, 0.1) is 28.6 Å². The molecule has 19 heavy (non-hydrogen) atoms. The number of carboxylic acid groups (broad SMARTS) is 1. The molecule has 1 saturated carbocycles. The summed E-state index contributed by atoms with van der Waals surface area (Å²) in [7, 11) is 1.50. The molecule has 1 fully saturated rings. The van der Waals surface area contributed by atoms with E-state index in [0.29, 0.717) is 27.6 Å². The maximum Gasteiger partial charge on any atom is 0.336 e. The zero-order valence-corrected chi connectivity index (χ0v) is 11.1. The second-order valence-electron chi connectivity index (χ2n) is 4.65.